The van der Waals surface area contributed by atoms with Crippen LogP contribution in [0, 0.1) is 0 Å². The number of rotatable bonds is 2. The van der Waals surface area contributed by atoms with Gasteiger partial charge >= 0.3 is 5.97 Å². The zero-order chi connectivity index (χ0) is 10.0. The number of likely N-dealkylation sites (tertiary alicyclic amines) is 1. The van der Waals surface area contributed by atoms with Gasteiger partial charge in [0, 0.05) is 19.9 Å². The van der Waals surface area contributed by atoms with Gasteiger partial charge in [-0.15, -0.1) is 0 Å². The van der Waals surface area contributed by atoms with E-state index in [0.717, 1.165) is 6.42 Å². The van der Waals surface area contributed by atoms with E-state index in [1.807, 2.05) is 6.92 Å². The predicted octanol–water partition coefficient (Wildman–Crippen LogP) is 0.559. The van der Waals surface area contributed by atoms with Gasteiger partial charge in [-0.3, -0.25) is 9.59 Å². The lowest BCUT2D eigenvalue weighted by molar-refractivity contribution is -0.154. The number of esters is 1. The Bertz CT molecular complexity index is 227. The van der Waals surface area contributed by atoms with Crippen LogP contribution < -0.4 is 0 Å². The third-order valence-electron chi connectivity index (χ3n) is 2.32. The Morgan fingerprint density at radius 3 is 2.46 bits per heavy atom. The summed E-state index contributed by atoms with van der Waals surface area (Å²) in [5.74, 6) is -0.237. The monoisotopic (exact) mass is 185 g/mol. The molecule has 0 aromatic heterocycles. The van der Waals surface area contributed by atoms with Crippen molar-refractivity contribution < 1.29 is 14.3 Å². The summed E-state index contributed by atoms with van der Waals surface area (Å²) in [4.78, 5) is 23.4. The second-order valence-electron chi connectivity index (χ2n) is 3.47. The first-order valence-corrected chi connectivity index (χ1v) is 4.44. The lowest BCUT2D eigenvalue weighted by Gasteiger charge is -2.46. The van der Waals surface area contributed by atoms with Gasteiger partial charge in [-0.25, -0.2) is 0 Å². The fourth-order valence-corrected chi connectivity index (χ4v) is 1.77. The molecule has 0 saturated carbocycles. The number of carbonyl (C=O) groups excluding carboxylic acids is 2. The molecule has 1 rings (SSSR count). The molecule has 4 heteroatoms. The highest BCUT2D eigenvalue weighted by atomic mass is 16.5. The maximum atomic E-state index is 11.1. The molecule has 0 aliphatic carbocycles. The van der Waals surface area contributed by atoms with Gasteiger partial charge in [0.1, 0.15) is 6.61 Å². The summed E-state index contributed by atoms with van der Waals surface area (Å²) in [6.45, 7) is 5.24. The number of hydrogen-bond acceptors (Lipinski definition) is 3. The highest BCUT2D eigenvalue weighted by molar-refractivity contribution is 5.75. The highest BCUT2D eigenvalue weighted by Crippen LogP contribution is 2.25. The largest absolute Gasteiger partial charge is 0.464 e. The smallest absolute Gasteiger partial charge is 0.302 e. The quantitative estimate of drug-likeness (QED) is 0.590. The van der Waals surface area contributed by atoms with Crippen molar-refractivity contribution >= 4 is 11.9 Å². The molecular weight excluding hydrogens is 170 g/mol. The topological polar surface area (TPSA) is 46.6 Å². The van der Waals surface area contributed by atoms with Gasteiger partial charge in [-0.1, -0.05) is 0 Å². The molecule has 1 heterocycles. The Balaban J connectivity index is 2.36. The summed E-state index contributed by atoms with van der Waals surface area (Å²) in [5, 5.41) is 0. The van der Waals surface area contributed by atoms with Crippen LogP contribution in [0.5, 0.6) is 0 Å². The Morgan fingerprint density at radius 1 is 1.46 bits per heavy atom. The van der Waals surface area contributed by atoms with Crippen LogP contribution in [0.25, 0.3) is 0 Å². The molecule has 0 bridgehead atoms. The average Bonchev–Trinajstić information content (AvgIpc) is 1.95. The molecule has 1 aliphatic rings. The van der Waals surface area contributed by atoms with Crippen LogP contribution in [0.2, 0.25) is 0 Å². The molecule has 4 nitrogen and oxygen atoms in total. The number of nitrogens with zero attached hydrogens (tertiary/aromatic N) is 1. The minimum absolute atomic E-state index is 0.0518. The lowest BCUT2D eigenvalue weighted by atomic mass is 9.95. The van der Waals surface area contributed by atoms with Gasteiger partial charge in [0.2, 0.25) is 5.91 Å². The summed E-state index contributed by atoms with van der Waals surface area (Å²) in [6.07, 6.45) is 0.923. The molecule has 0 aromatic rings. The molecule has 0 aromatic carbocycles. The SMILES string of the molecule is CC(=O)OCC1CC(C)N1C(C)=O. The first-order chi connectivity index (χ1) is 6.02. The summed E-state index contributed by atoms with van der Waals surface area (Å²) in [7, 11) is 0. The van der Waals surface area contributed by atoms with Gasteiger partial charge in [0.15, 0.2) is 0 Å². The van der Waals surface area contributed by atoms with Gasteiger partial charge in [-0.2, -0.15) is 0 Å². The Labute approximate surface area is 77.8 Å². The van der Waals surface area contributed by atoms with Crippen LogP contribution in [0.3, 0.4) is 0 Å². The van der Waals surface area contributed by atoms with E-state index in [-0.39, 0.29) is 24.0 Å². The zero-order valence-electron chi connectivity index (χ0n) is 8.24. The fraction of sp³-hybridized carbons (Fsp3) is 0.778. The van der Waals surface area contributed by atoms with Gasteiger partial charge in [0.25, 0.3) is 0 Å². The van der Waals surface area contributed by atoms with Crippen molar-refractivity contribution in [1.29, 1.82) is 0 Å². The zero-order valence-corrected chi connectivity index (χ0v) is 8.24. The van der Waals surface area contributed by atoms with Crippen molar-refractivity contribution in [2.45, 2.75) is 39.3 Å². The molecule has 2 atom stereocenters. The molecule has 1 fully saturated rings. The van der Waals surface area contributed by atoms with Gasteiger partial charge < -0.3 is 9.64 Å². The number of ether oxygens (including phenoxy) is 1. The van der Waals surface area contributed by atoms with E-state index in [9.17, 15) is 9.59 Å². The normalized spacial score (nSPS) is 26.5. The van der Waals surface area contributed by atoms with E-state index < -0.39 is 0 Å². The lowest BCUT2D eigenvalue weighted by Crippen LogP contribution is -2.58. The van der Waals surface area contributed by atoms with Gasteiger partial charge in [-0.05, 0) is 13.3 Å². The van der Waals surface area contributed by atoms with Crippen molar-refractivity contribution in [1.82, 2.24) is 4.90 Å². The first-order valence-electron chi connectivity index (χ1n) is 4.44. The van der Waals surface area contributed by atoms with Crippen molar-refractivity contribution in [3.05, 3.63) is 0 Å². The second kappa shape index (κ2) is 3.77. The molecule has 74 valence electrons. The minimum atomic E-state index is -0.289. The Kier molecular flexibility index (Phi) is 2.90. The molecule has 13 heavy (non-hydrogen) atoms. The van der Waals surface area contributed by atoms with E-state index in [0.29, 0.717) is 6.61 Å². The Morgan fingerprint density at radius 2 is 2.08 bits per heavy atom. The van der Waals surface area contributed by atoms with Crippen LogP contribution in [-0.4, -0.2) is 35.5 Å². The Hall–Kier alpha value is -1.06. The number of hydrogen-bond donors (Lipinski definition) is 0. The average molecular weight is 185 g/mol. The molecule has 1 aliphatic heterocycles. The predicted molar refractivity (Wildman–Crippen MR) is 47.0 cm³/mol. The third-order valence-corrected chi connectivity index (χ3v) is 2.32. The van der Waals surface area contributed by atoms with E-state index in [2.05, 4.69) is 0 Å². The molecule has 1 saturated heterocycles. The van der Waals surface area contributed by atoms with Crippen molar-refractivity contribution in [3.63, 3.8) is 0 Å². The van der Waals surface area contributed by atoms with Crippen molar-refractivity contribution in [3.8, 4) is 0 Å². The van der Waals surface area contributed by atoms with Crippen molar-refractivity contribution in [2.24, 2.45) is 0 Å². The minimum Gasteiger partial charge on any atom is -0.464 e. The van der Waals surface area contributed by atoms with Crippen LogP contribution in [0.4, 0.5) is 0 Å². The first kappa shape index (κ1) is 10.0. The number of amides is 1. The summed E-state index contributed by atoms with van der Waals surface area (Å²) < 4.78 is 4.84. The molecular formula is C9H15NO3. The van der Waals surface area contributed by atoms with Crippen molar-refractivity contribution in [2.75, 3.05) is 6.61 Å². The van der Waals surface area contributed by atoms with E-state index in [4.69, 9.17) is 4.74 Å². The van der Waals surface area contributed by atoms with Crippen LogP contribution in [-0.2, 0) is 14.3 Å². The van der Waals surface area contributed by atoms with E-state index in [1.165, 1.54) is 13.8 Å². The second-order valence-corrected chi connectivity index (χ2v) is 3.47. The molecule has 0 spiro atoms. The standard InChI is InChI=1S/C9H15NO3/c1-6-4-9(5-13-8(3)12)10(6)7(2)11/h6,9H,4-5H2,1-3H3. The molecule has 2 unspecified atom stereocenters. The van der Waals surface area contributed by atoms with E-state index >= 15 is 0 Å². The third kappa shape index (κ3) is 2.20. The maximum absolute atomic E-state index is 11.1. The van der Waals surface area contributed by atoms with E-state index in [1.54, 1.807) is 4.90 Å². The fourth-order valence-electron chi connectivity index (χ4n) is 1.77. The summed E-state index contributed by atoms with van der Waals surface area (Å²) in [5.41, 5.74) is 0. The summed E-state index contributed by atoms with van der Waals surface area (Å²) >= 11 is 0. The van der Waals surface area contributed by atoms with Crippen LogP contribution in [0.1, 0.15) is 27.2 Å². The molecule has 1 amide bonds. The molecule has 0 N–H and O–H groups in total. The molecule has 0 radical (unpaired) electrons. The van der Waals surface area contributed by atoms with Crippen LogP contribution in [0.15, 0.2) is 0 Å². The van der Waals surface area contributed by atoms with Crippen LogP contribution >= 0.6 is 0 Å². The van der Waals surface area contributed by atoms with Gasteiger partial charge in [0.05, 0.1) is 6.04 Å². The summed E-state index contributed by atoms with van der Waals surface area (Å²) in [6, 6.07) is 0.384. The number of carbonyl (C=O) groups is 2. The maximum Gasteiger partial charge on any atom is 0.302 e. The highest BCUT2D eigenvalue weighted by Gasteiger charge is 2.37.